The second kappa shape index (κ2) is 11.5. The predicted molar refractivity (Wildman–Crippen MR) is 106 cm³/mol. The van der Waals surface area contributed by atoms with Crippen molar-refractivity contribution < 1.29 is 4.79 Å². The number of aliphatic imine (C=N–C) groups is 1. The van der Waals surface area contributed by atoms with E-state index in [4.69, 9.17) is 0 Å². The summed E-state index contributed by atoms with van der Waals surface area (Å²) in [7, 11) is 5.31. The Hall–Kier alpha value is -2.04. The third-order valence-electron chi connectivity index (χ3n) is 4.16. The monoisotopic (exact) mass is 346 g/mol. The minimum absolute atomic E-state index is 0.0221. The van der Waals surface area contributed by atoms with Crippen LogP contribution in [0.15, 0.2) is 29.3 Å². The van der Waals surface area contributed by atoms with E-state index in [0.717, 1.165) is 17.9 Å². The molecule has 0 aromatic heterocycles. The number of guanidine groups is 1. The van der Waals surface area contributed by atoms with Crippen LogP contribution in [0.1, 0.15) is 61.9 Å². The number of nitrogens with zero attached hydrogens (tertiary/aromatic N) is 2. The number of rotatable bonds is 9. The molecule has 0 aliphatic rings. The van der Waals surface area contributed by atoms with Gasteiger partial charge in [-0.2, -0.15) is 0 Å². The van der Waals surface area contributed by atoms with Crippen molar-refractivity contribution in [2.75, 3.05) is 21.1 Å². The molecule has 0 saturated heterocycles. The highest BCUT2D eigenvalue weighted by atomic mass is 16.2. The van der Waals surface area contributed by atoms with Crippen LogP contribution in [0.25, 0.3) is 0 Å². The molecule has 0 heterocycles. The minimum Gasteiger partial charge on any atom is -0.354 e. The third kappa shape index (κ3) is 8.05. The first-order valence-corrected chi connectivity index (χ1v) is 9.25. The van der Waals surface area contributed by atoms with Gasteiger partial charge in [0.05, 0.1) is 0 Å². The molecule has 5 heteroatoms. The Balaban J connectivity index is 2.42. The number of benzene rings is 1. The Morgan fingerprint density at radius 1 is 1.16 bits per heavy atom. The van der Waals surface area contributed by atoms with Gasteiger partial charge >= 0.3 is 0 Å². The zero-order valence-corrected chi connectivity index (χ0v) is 16.4. The molecule has 25 heavy (non-hydrogen) atoms. The van der Waals surface area contributed by atoms with E-state index in [1.54, 1.807) is 26.0 Å². The van der Waals surface area contributed by atoms with Gasteiger partial charge in [0.15, 0.2) is 5.96 Å². The molecule has 1 unspecified atom stereocenters. The van der Waals surface area contributed by atoms with Crippen LogP contribution in [0, 0.1) is 0 Å². The maximum Gasteiger partial charge on any atom is 0.253 e. The fourth-order valence-corrected chi connectivity index (χ4v) is 2.59. The fourth-order valence-electron chi connectivity index (χ4n) is 2.59. The molecule has 5 nitrogen and oxygen atoms in total. The molecule has 0 fully saturated rings. The molecule has 1 amide bonds. The summed E-state index contributed by atoms with van der Waals surface area (Å²) in [6.45, 7) is 5.11. The van der Waals surface area contributed by atoms with Crippen LogP contribution in [0.4, 0.5) is 0 Å². The van der Waals surface area contributed by atoms with Crippen molar-refractivity contribution in [1.29, 1.82) is 0 Å². The van der Waals surface area contributed by atoms with Crippen LogP contribution >= 0.6 is 0 Å². The summed E-state index contributed by atoms with van der Waals surface area (Å²) in [5.74, 6) is 0.838. The smallest absolute Gasteiger partial charge is 0.253 e. The van der Waals surface area contributed by atoms with E-state index in [9.17, 15) is 4.79 Å². The van der Waals surface area contributed by atoms with Crippen molar-refractivity contribution in [3.05, 3.63) is 35.4 Å². The molecule has 140 valence electrons. The molecule has 1 atom stereocenters. The topological polar surface area (TPSA) is 56.7 Å². The molecule has 0 aliphatic carbocycles. The standard InChI is InChI=1S/C20H34N4O/c1-6-7-8-9-10-16(2)23-20(21-3)22-15-17-11-13-18(14-12-17)19(25)24(4)5/h11-14,16H,6-10,15H2,1-5H3,(H2,21,22,23). The van der Waals surface area contributed by atoms with Crippen molar-refractivity contribution in [3.8, 4) is 0 Å². The minimum atomic E-state index is 0.0221. The highest BCUT2D eigenvalue weighted by molar-refractivity contribution is 5.93. The molecular weight excluding hydrogens is 312 g/mol. The van der Waals surface area contributed by atoms with E-state index in [1.165, 1.54) is 25.7 Å². The first kappa shape index (κ1) is 21.0. The normalized spacial score (nSPS) is 12.6. The molecule has 2 N–H and O–H groups in total. The summed E-state index contributed by atoms with van der Waals surface area (Å²) in [6.07, 6.45) is 6.28. The second-order valence-corrected chi connectivity index (χ2v) is 6.72. The number of hydrogen-bond acceptors (Lipinski definition) is 2. The van der Waals surface area contributed by atoms with E-state index in [1.807, 2.05) is 24.3 Å². The van der Waals surface area contributed by atoms with Gasteiger partial charge in [0.25, 0.3) is 5.91 Å². The van der Waals surface area contributed by atoms with E-state index >= 15 is 0 Å². The fraction of sp³-hybridized carbons (Fsp3) is 0.600. The Morgan fingerprint density at radius 3 is 2.40 bits per heavy atom. The van der Waals surface area contributed by atoms with Gasteiger partial charge in [-0.3, -0.25) is 9.79 Å². The number of hydrogen-bond donors (Lipinski definition) is 2. The molecule has 1 aromatic carbocycles. The summed E-state index contributed by atoms with van der Waals surface area (Å²) in [5.41, 5.74) is 1.82. The van der Waals surface area contributed by atoms with Gasteiger partial charge in [-0.25, -0.2) is 0 Å². The maximum absolute atomic E-state index is 11.9. The van der Waals surface area contributed by atoms with Crippen molar-refractivity contribution >= 4 is 11.9 Å². The van der Waals surface area contributed by atoms with Gasteiger partial charge in [0, 0.05) is 39.3 Å². The maximum atomic E-state index is 11.9. The van der Waals surface area contributed by atoms with Gasteiger partial charge in [0.2, 0.25) is 0 Å². The highest BCUT2D eigenvalue weighted by Gasteiger charge is 2.08. The van der Waals surface area contributed by atoms with Crippen LogP contribution in [-0.4, -0.2) is 44.0 Å². The van der Waals surface area contributed by atoms with E-state index < -0.39 is 0 Å². The van der Waals surface area contributed by atoms with Crippen LogP contribution in [-0.2, 0) is 6.54 Å². The van der Waals surface area contributed by atoms with E-state index in [2.05, 4.69) is 29.5 Å². The van der Waals surface area contributed by atoms with Crippen molar-refractivity contribution in [2.45, 2.75) is 58.5 Å². The van der Waals surface area contributed by atoms with E-state index in [-0.39, 0.29) is 5.91 Å². The Bertz CT molecular complexity index is 537. The predicted octanol–water partition coefficient (Wildman–Crippen LogP) is 3.41. The summed E-state index contributed by atoms with van der Waals surface area (Å²) >= 11 is 0. The van der Waals surface area contributed by atoms with Crippen molar-refractivity contribution in [3.63, 3.8) is 0 Å². The Labute approximate surface area is 152 Å². The summed E-state index contributed by atoms with van der Waals surface area (Å²) < 4.78 is 0. The van der Waals surface area contributed by atoms with Crippen molar-refractivity contribution in [1.82, 2.24) is 15.5 Å². The van der Waals surface area contributed by atoms with Crippen molar-refractivity contribution in [2.24, 2.45) is 4.99 Å². The largest absolute Gasteiger partial charge is 0.354 e. The average molecular weight is 347 g/mol. The molecule has 0 aliphatic heterocycles. The molecule has 1 aromatic rings. The lowest BCUT2D eigenvalue weighted by atomic mass is 10.1. The molecular formula is C20H34N4O. The zero-order valence-electron chi connectivity index (χ0n) is 16.4. The quantitative estimate of drug-likeness (QED) is 0.409. The number of carbonyl (C=O) groups excluding carboxylic acids is 1. The molecule has 0 radical (unpaired) electrons. The molecule has 0 saturated carbocycles. The summed E-state index contributed by atoms with van der Waals surface area (Å²) in [5, 5.41) is 6.77. The molecule has 0 spiro atoms. The van der Waals surface area contributed by atoms with Gasteiger partial charge in [0.1, 0.15) is 0 Å². The number of carbonyl (C=O) groups is 1. The lowest BCUT2D eigenvalue weighted by Gasteiger charge is -2.18. The lowest BCUT2D eigenvalue weighted by molar-refractivity contribution is 0.0827. The Kier molecular flexibility index (Phi) is 9.66. The average Bonchev–Trinajstić information content (AvgIpc) is 2.62. The Morgan fingerprint density at radius 2 is 1.84 bits per heavy atom. The SMILES string of the molecule is CCCCCCC(C)NC(=NC)NCc1ccc(C(=O)N(C)C)cc1. The van der Waals surface area contributed by atoms with Gasteiger partial charge in [-0.15, -0.1) is 0 Å². The van der Waals surface area contributed by atoms with Gasteiger partial charge in [-0.1, -0.05) is 44.7 Å². The third-order valence-corrected chi connectivity index (χ3v) is 4.16. The lowest BCUT2D eigenvalue weighted by Crippen LogP contribution is -2.41. The number of nitrogens with one attached hydrogen (secondary N) is 2. The summed E-state index contributed by atoms with van der Waals surface area (Å²) in [6, 6.07) is 8.09. The summed E-state index contributed by atoms with van der Waals surface area (Å²) in [4.78, 5) is 17.8. The highest BCUT2D eigenvalue weighted by Crippen LogP contribution is 2.07. The van der Waals surface area contributed by atoms with Crippen LogP contribution in [0.5, 0.6) is 0 Å². The number of unbranched alkanes of at least 4 members (excludes halogenated alkanes) is 3. The molecule has 0 bridgehead atoms. The van der Waals surface area contributed by atoms with Gasteiger partial charge < -0.3 is 15.5 Å². The first-order valence-electron chi connectivity index (χ1n) is 9.25. The molecule has 1 rings (SSSR count). The van der Waals surface area contributed by atoms with Crippen LogP contribution < -0.4 is 10.6 Å². The van der Waals surface area contributed by atoms with E-state index in [0.29, 0.717) is 18.2 Å². The van der Waals surface area contributed by atoms with Crippen LogP contribution in [0.3, 0.4) is 0 Å². The van der Waals surface area contributed by atoms with Crippen LogP contribution in [0.2, 0.25) is 0 Å². The number of amides is 1. The first-order chi connectivity index (χ1) is 12.0. The zero-order chi connectivity index (χ0) is 18.7. The second-order valence-electron chi connectivity index (χ2n) is 6.72. The van der Waals surface area contributed by atoms with Gasteiger partial charge in [-0.05, 0) is 31.0 Å².